The Bertz CT molecular complexity index is 880. The van der Waals surface area contributed by atoms with Gasteiger partial charge in [0.15, 0.2) is 0 Å². The predicted molar refractivity (Wildman–Crippen MR) is 101 cm³/mol. The van der Waals surface area contributed by atoms with Crippen LogP contribution in [0.4, 0.5) is 4.39 Å². The van der Waals surface area contributed by atoms with Crippen LogP contribution in [0.25, 0.3) is 0 Å². The molecule has 0 spiro atoms. The Labute approximate surface area is 163 Å². The van der Waals surface area contributed by atoms with Crippen LogP contribution in [-0.4, -0.2) is 50.1 Å². The lowest BCUT2D eigenvalue weighted by molar-refractivity contribution is -0.125. The average Bonchev–Trinajstić information content (AvgIpc) is 3.05. The third-order valence-electron chi connectivity index (χ3n) is 5.28. The molecule has 3 N–H and O–H groups in total. The molecule has 28 heavy (non-hydrogen) atoms. The number of imidazole rings is 1. The standard InChI is InChI=1S/C20H25FN4O3/c1-12(2)25-7-6-14(9-17(25)18(22)26)16-11-24(19(23-16)20(27)28)10-13-4-3-5-15(21)8-13/h3-5,8,11-12,14,17H,6-7,9-10H2,1-2H3,(H2,22,26)(H,27,28). The van der Waals surface area contributed by atoms with Crippen molar-refractivity contribution in [1.29, 1.82) is 0 Å². The van der Waals surface area contributed by atoms with E-state index in [1.807, 2.05) is 13.8 Å². The zero-order valence-electron chi connectivity index (χ0n) is 16.0. The number of carboxylic acid groups (broad SMARTS) is 1. The summed E-state index contributed by atoms with van der Waals surface area (Å²) in [6.45, 7) is 4.94. The van der Waals surface area contributed by atoms with Gasteiger partial charge in [0.1, 0.15) is 5.82 Å². The van der Waals surface area contributed by atoms with Gasteiger partial charge in [-0.3, -0.25) is 9.69 Å². The number of nitrogens with zero attached hydrogens (tertiary/aromatic N) is 3. The number of hydrogen-bond donors (Lipinski definition) is 2. The van der Waals surface area contributed by atoms with Gasteiger partial charge in [-0.15, -0.1) is 0 Å². The molecule has 8 heteroatoms. The number of carbonyl (C=O) groups excluding carboxylic acids is 1. The van der Waals surface area contributed by atoms with Crippen LogP contribution < -0.4 is 5.73 Å². The molecule has 150 valence electrons. The number of primary amides is 1. The van der Waals surface area contributed by atoms with E-state index in [1.165, 1.54) is 16.7 Å². The molecule has 0 radical (unpaired) electrons. The van der Waals surface area contributed by atoms with Crippen molar-refractivity contribution in [3.8, 4) is 0 Å². The summed E-state index contributed by atoms with van der Waals surface area (Å²) in [4.78, 5) is 30.0. The summed E-state index contributed by atoms with van der Waals surface area (Å²) < 4.78 is 15.0. The summed E-state index contributed by atoms with van der Waals surface area (Å²) in [5.41, 5.74) is 6.88. The van der Waals surface area contributed by atoms with E-state index in [9.17, 15) is 19.1 Å². The number of benzene rings is 1. The molecule has 0 aliphatic carbocycles. The summed E-state index contributed by atoms with van der Waals surface area (Å²) in [5, 5.41) is 9.53. The maximum atomic E-state index is 13.5. The molecule has 7 nitrogen and oxygen atoms in total. The van der Waals surface area contributed by atoms with Gasteiger partial charge in [-0.05, 0) is 50.9 Å². The van der Waals surface area contributed by atoms with E-state index in [4.69, 9.17) is 5.73 Å². The molecule has 0 saturated carbocycles. The fraction of sp³-hybridized carbons (Fsp3) is 0.450. The van der Waals surface area contributed by atoms with Gasteiger partial charge in [-0.2, -0.15) is 0 Å². The first kappa shape index (κ1) is 20.0. The Hall–Kier alpha value is -2.74. The Kier molecular flexibility index (Phi) is 5.79. The molecule has 1 aromatic carbocycles. The summed E-state index contributed by atoms with van der Waals surface area (Å²) in [7, 11) is 0. The topological polar surface area (TPSA) is 101 Å². The molecule has 2 aromatic rings. The van der Waals surface area contributed by atoms with Crippen LogP contribution in [0.3, 0.4) is 0 Å². The lowest BCUT2D eigenvalue weighted by atomic mass is 9.87. The number of hydrogen-bond acceptors (Lipinski definition) is 4. The molecule has 1 aliphatic rings. The van der Waals surface area contributed by atoms with Gasteiger partial charge in [-0.1, -0.05) is 12.1 Å². The number of rotatable bonds is 6. The lowest BCUT2D eigenvalue weighted by Crippen LogP contribution is -2.52. The molecule has 1 saturated heterocycles. The minimum absolute atomic E-state index is 0.0561. The first-order valence-corrected chi connectivity index (χ1v) is 9.36. The van der Waals surface area contributed by atoms with Crippen molar-refractivity contribution in [2.45, 2.75) is 51.2 Å². The number of nitrogens with two attached hydrogens (primary N) is 1. The van der Waals surface area contributed by atoms with Crippen LogP contribution in [0, 0.1) is 5.82 Å². The predicted octanol–water partition coefficient (Wildman–Crippen LogP) is 2.21. The minimum atomic E-state index is -1.14. The van der Waals surface area contributed by atoms with Crippen LogP contribution in [0.5, 0.6) is 0 Å². The Morgan fingerprint density at radius 1 is 1.39 bits per heavy atom. The highest BCUT2D eigenvalue weighted by atomic mass is 19.1. The monoisotopic (exact) mass is 388 g/mol. The molecule has 2 heterocycles. The van der Waals surface area contributed by atoms with E-state index in [2.05, 4.69) is 9.88 Å². The van der Waals surface area contributed by atoms with E-state index in [0.29, 0.717) is 24.2 Å². The zero-order valence-corrected chi connectivity index (χ0v) is 16.0. The second-order valence-corrected chi connectivity index (χ2v) is 7.52. The molecular weight excluding hydrogens is 363 g/mol. The first-order valence-electron chi connectivity index (χ1n) is 9.36. The van der Waals surface area contributed by atoms with E-state index in [1.54, 1.807) is 18.3 Å². The third-order valence-corrected chi connectivity index (χ3v) is 5.28. The number of halogens is 1. The Balaban J connectivity index is 1.86. The van der Waals surface area contributed by atoms with Gasteiger partial charge < -0.3 is 15.4 Å². The second kappa shape index (κ2) is 8.10. The molecular formula is C20H25FN4O3. The number of likely N-dealkylation sites (tertiary alicyclic amines) is 1. The molecule has 1 aromatic heterocycles. The van der Waals surface area contributed by atoms with Gasteiger partial charge in [0.05, 0.1) is 11.7 Å². The number of aromatic carboxylic acids is 1. The van der Waals surface area contributed by atoms with Crippen molar-refractivity contribution in [3.63, 3.8) is 0 Å². The summed E-state index contributed by atoms with van der Waals surface area (Å²) in [5.74, 6) is -2.05. The minimum Gasteiger partial charge on any atom is -0.475 e. The molecule has 1 amide bonds. The molecule has 2 atom stereocenters. The van der Waals surface area contributed by atoms with Crippen molar-refractivity contribution in [3.05, 3.63) is 53.4 Å². The van der Waals surface area contributed by atoms with Crippen LogP contribution in [0.15, 0.2) is 30.5 Å². The van der Waals surface area contributed by atoms with Gasteiger partial charge in [-0.25, -0.2) is 14.2 Å². The SMILES string of the molecule is CC(C)N1CCC(c2cn(Cc3cccc(F)c3)c(C(=O)O)n2)CC1C(N)=O. The maximum Gasteiger partial charge on any atom is 0.372 e. The van der Waals surface area contributed by atoms with E-state index in [-0.39, 0.29) is 36.1 Å². The molecule has 1 fully saturated rings. The number of piperidine rings is 1. The van der Waals surface area contributed by atoms with Crippen molar-refractivity contribution in [1.82, 2.24) is 14.5 Å². The first-order chi connectivity index (χ1) is 13.3. The molecule has 3 rings (SSSR count). The van der Waals surface area contributed by atoms with Crippen molar-refractivity contribution >= 4 is 11.9 Å². The Morgan fingerprint density at radius 3 is 2.75 bits per heavy atom. The van der Waals surface area contributed by atoms with Crippen LogP contribution in [-0.2, 0) is 11.3 Å². The fourth-order valence-corrected chi connectivity index (χ4v) is 3.91. The average molecular weight is 388 g/mol. The van der Waals surface area contributed by atoms with Gasteiger partial charge in [0.25, 0.3) is 0 Å². The number of carboxylic acids is 1. The highest BCUT2D eigenvalue weighted by Crippen LogP contribution is 2.32. The Morgan fingerprint density at radius 2 is 2.14 bits per heavy atom. The normalized spacial score (nSPS) is 20.4. The highest BCUT2D eigenvalue weighted by Gasteiger charge is 2.35. The summed E-state index contributed by atoms with van der Waals surface area (Å²) in [6.07, 6.45) is 2.96. The van der Waals surface area contributed by atoms with Crippen LogP contribution in [0.1, 0.15) is 54.5 Å². The summed E-state index contributed by atoms with van der Waals surface area (Å²) >= 11 is 0. The number of aromatic nitrogens is 2. The van der Waals surface area contributed by atoms with Crippen LogP contribution >= 0.6 is 0 Å². The molecule has 0 bridgehead atoms. The van der Waals surface area contributed by atoms with E-state index in [0.717, 1.165) is 6.42 Å². The maximum absolute atomic E-state index is 13.5. The smallest absolute Gasteiger partial charge is 0.372 e. The largest absolute Gasteiger partial charge is 0.475 e. The van der Waals surface area contributed by atoms with Gasteiger partial charge >= 0.3 is 5.97 Å². The van der Waals surface area contributed by atoms with E-state index >= 15 is 0 Å². The zero-order chi connectivity index (χ0) is 20.4. The molecule has 1 aliphatic heterocycles. The highest BCUT2D eigenvalue weighted by molar-refractivity contribution is 5.83. The van der Waals surface area contributed by atoms with Crippen molar-refractivity contribution in [2.24, 2.45) is 5.73 Å². The quantitative estimate of drug-likeness (QED) is 0.790. The fourth-order valence-electron chi connectivity index (χ4n) is 3.91. The third kappa shape index (κ3) is 4.22. The van der Waals surface area contributed by atoms with Gasteiger partial charge in [0.2, 0.25) is 11.7 Å². The summed E-state index contributed by atoms with van der Waals surface area (Å²) in [6, 6.07) is 5.82. The van der Waals surface area contributed by atoms with Crippen molar-refractivity contribution < 1.29 is 19.1 Å². The van der Waals surface area contributed by atoms with Gasteiger partial charge in [0, 0.05) is 24.7 Å². The lowest BCUT2D eigenvalue weighted by Gasteiger charge is -2.39. The number of amides is 1. The van der Waals surface area contributed by atoms with Crippen LogP contribution in [0.2, 0.25) is 0 Å². The number of carbonyl (C=O) groups is 2. The van der Waals surface area contributed by atoms with Crippen molar-refractivity contribution in [2.75, 3.05) is 6.54 Å². The van der Waals surface area contributed by atoms with E-state index < -0.39 is 12.0 Å². The second-order valence-electron chi connectivity index (χ2n) is 7.52. The molecule has 2 unspecified atom stereocenters.